The molecule has 1 heterocycles. The molecular formula is C5H4ClIN2. The van der Waals surface area contributed by atoms with Crippen LogP contribution in [0.4, 0.5) is 0 Å². The normalized spacial score (nSPS) is 9.67. The average molecular weight is 254 g/mol. The second kappa shape index (κ2) is 2.79. The van der Waals surface area contributed by atoms with E-state index in [0.29, 0.717) is 8.98 Å². The summed E-state index contributed by atoms with van der Waals surface area (Å²) in [4.78, 5) is 7.90. The molecule has 2 nitrogen and oxygen atoms in total. The third-order valence-corrected chi connectivity index (χ3v) is 1.47. The van der Waals surface area contributed by atoms with Crippen molar-refractivity contribution in [3.8, 4) is 0 Å². The highest BCUT2D eigenvalue weighted by Gasteiger charge is 1.93. The molecule has 1 aromatic rings. The Morgan fingerprint density at radius 3 is 2.67 bits per heavy atom. The minimum atomic E-state index is 0.506. The third kappa shape index (κ3) is 2.06. The number of aryl methyl sites for hydroxylation is 1. The molecule has 0 unspecified atom stereocenters. The average Bonchev–Trinajstić information content (AvgIpc) is 1.59. The Labute approximate surface area is 71.8 Å². The first kappa shape index (κ1) is 7.21. The van der Waals surface area contributed by atoms with Crippen molar-refractivity contribution in [2.24, 2.45) is 0 Å². The minimum absolute atomic E-state index is 0.506. The first-order chi connectivity index (χ1) is 4.18. The van der Waals surface area contributed by atoms with E-state index in [4.69, 9.17) is 11.6 Å². The van der Waals surface area contributed by atoms with Crippen LogP contribution in [0.25, 0.3) is 0 Å². The fraction of sp³-hybridized carbons (Fsp3) is 0.200. The van der Waals surface area contributed by atoms with Gasteiger partial charge in [-0.05, 0) is 13.0 Å². The largest absolute Gasteiger partial charge is 0.228 e. The molecule has 0 spiro atoms. The molecule has 0 radical (unpaired) electrons. The van der Waals surface area contributed by atoms with Gasteiger partial charge in [0.2, 0.25) is 0 Å². The highest BCUT2D eigenvalue weighted by Crippen LogP contribution is 2.06. The van der Waals surface area contributed by atoms with Crippen molar-refractivity contribution in [1.29, 1.82) is 0 Å². The summed E-state index contributed by atoms with van der Waals surface area (Å²) in [5, 5.41) is 0.506. The fourth-order valence-corrected chi connectivity index (χ4v) is 1.52. The van der Waals surface area contributed by atoms with E-state index in [9.17, 15) is 0 Å². The summed E-state index contributed by atoms with van der Waals surface area (Å²) in [5.41, 5.74) is 0.902. The van der Waals surface area contributed by atoms with Gasteiger partial charge in [-0.25, -0.2) is 9.97 Å². The van der Waals surface area contributed by atoms with E-state index >= 15 is 0 Å². The number of aromatic nitrogens is 2. The van der Waals surface area contributed by atoms with Gasteiger partial charge in [0, 0.05) is 28.3 Å². The van der Waals surface area contributed by atoms with Gasteiger partial charge < -0.3 is 0 Å². The van der Waals surface area contributed by atoms with Crippen LogP contribution in [0.3, 0.4) is 0 Å². The monoisotopic (exact) mass is 254 g/mol. The zero-order valence-corrected chi connectivity index (χ0v) is 7.64. The van der Waals surface area contributed by atoms with E-state index in [0.717, 1.165) is 5.69 Å². The molecule has 0 aliphatic carbocycles. The van der Waals surface area contributed by atoms with Crippen LogP contribution in [0.1, 0.15) is 5.69 Å². The van der Waals surface area contributed by atoms with Gasteiger partial charge in [-0.3, -0.25) is 0 Å². The SMILES string of the molecule is Cc1cc(Cl)nc(I)n1. The van der Waals surface area contributed by atoms with Crippen LogP contribution in [-0.4, -0.2) is 9.97 Å². The van der Waals surface area contributed by atoms with Gasteiger partial charge in [0.15, 0.2) is 3.83 Å². The summed E-state index contributed by atoms with van der Waals surface area (Å²) in [7, 11) is 0. The highest BCUT2D eigenvalue weighted by molar-refractivity contribution is 14.1. The molecule has 1 aromatic heterocycles. The molecule has 0 amide bonds. The maximum atomic E-state index is 5.59. The first-order valence-corrected chi connectivity index (χ1v) is 3.81. The van der Waals surface area contributed by atoms with Crippen molar-refractivity contribution < 1.29 is 0 Å². The summed E-state index contributed by atoms with van der Waals surface area (Å²) in [5.74, 6) is 0. The Bertz CT molecular complexity index is 176. The highest BCUT2D eigenvalue weighted by atomic mass is 127. The molecule has 0 bridgehead atoms. The Hall–Kier alpha value is 0.1000. The van der Waals surface area contributed by atoms with Gasteiger partial charge in [-0.1, -0.05) is 11.6 Å². The van der Waals surface area contributed by atoms with E-state index < -0.39 is 0 Å². The van der Waals surface area contributed by atoms with Crippen molar-refractivity contribution >= 4 is 34.2 Å². The molecule has 0 fully saturated rings. The van der Waals surface area contributed by atoms with Crippen molar-refractivity contribution in [3.63, 3.8) is 0 Å². The predicted molar refractivity (Wildman–Crippen MR) is 44.5 cm³/mol. The smallest absolute Gasteiger partial charge is 0.192 e. The molecule has 0 aliphatic heterocycles. The fourth-order valence-electron chi connectivity index (χ4n) is 0.496. The molecule has 4 heteroatoms. The Morgan fingerprint density at radius 1 is 1.56 bits per heavy atom. The number of hydrogen-bond acceptors (Lipinski definition) is 2. The van der Waals surface area contributed by atoms with Gasteiger partial charge in [0.05, 0.1) is 0 Å². The quantitative estimate of drug-likeness (QED) is 0.402. The Kier molecular flexibility index (Phi) is 2.23. The molecule has 9 heavy (non-hydrogen) atoms. The summed E-state index contributed by atoms with van der Waals surface area (Å²) in [6.45, 7) is 1.88. The molecule has 0 N–H and O–H groups in total. The zero-order chi connectivity index (χ0) is 6.85. The molecule has 48 valence electrons. The van der Waals surface area contributed by atoms with Crippen LogP contribution in [0.2, 0.25) is 5.15 Å². The lowest BCUT2D eigenvalue weighted by Gasteiger charge is -1.92. The molecule has 0 atom stereocenters. The van der Waals surface area contributed by atoms with Gasteiger partial charge in [0.1, 0.15) is 5.15 Å². The van der Waals surface area contributed by atoms with Crippen molar-refractivity contribution in [2.75, 3.05) is 0 Å². The number of rotatable bonds is 0. The zero-order valence-electron chi connectivity index (χ0n) is 4.73. The molecule has 0 aliphatic rings. The van der Waals surface area contributed by atoms with E-state index in [1.807, 2.05) is 29.5 Å². The molecule has 0 saturated heterocycles. The summed E-state index contributed by atoms with van der Waals surface area (Å²) in [6, 6.07) is 1.73. The lowest BCUT2D eigenvalue weighted by Crippen LogP contribution is -1.89. The topological polar surface area (TPSA) is 25.8 Å². The predicted octanol–water partition coefficient (Wildman–Crippen LogP) is 2.04. The molecule has 0 aromatic carbocycles. The van der Waals surface area contributed by atoms with Crippen LogP contribution in [-0.2, 0) is 0 Å². The van der Waals surface area contributed by atoms with Gasteiger partial charge in [0.25, 0.3) is 0 Å². The van der Waals surface area contributed by atoms with Gasteiger partial charge in [-0.2, -0.15) is 0 Å². The number of hydrogen-bond donors (Lipinski definition) is 0. The third-order valence-electron chi connectivity index (χ3n) is 0.796. The number of halogens is 2. The summed E-state index contributed by atoms with van der Waals surface area (Å²) in [6.07, 6.45) is 0. The number of nitrogens with zero attached hydrogens (tertiary/aromatic N) is 2. The summed E-state index contributed by atoms with van der Waals surface area (Å²) < 4.78 is 0.692. The first-order valence-electron chi connectivity index (χ1n) is 2.35. The van der Waals surface area contributed by atoms with Crippen LogP contribution in [0, 0.1) is 10.8 Å². The van der Waals surface area contributed by atoms with Crippen molar-refractivity contribution in [3.05, 3.63) is 20.7 Å². The lowest BCUT2D eigenvalue weighted by atomic mass is 10.5. The standard InChI is InChI=1S/C5H4ClIN2/c1-3-2-4(6)9-5(7)8-3/h2H,1H3. The second-order valence-electron chi connectivity index (χ2n) is 1.60. The van der Waals surface area contributed by atoms with E-state index in [1.54, 1.807) is 6.07 Å². The van der Waals surface area contributed by atoms with Crippen LogP contribution < -0.4 is 0 Å². The minimum Gasteiger partial charge on any atom is -0.228 e. The van der Waals surface area contributed by atoms with E-state index in [2.05, 4.69) is 9.97 Å². The molecule has 0 saturated carbocycles. The van der Waals surface area contributed by atoms with E-state index in [1.165, 1.54) is 0 Å². The van der Waals surface area contributed by atoms with Crippen LogP contribution in [0.5, 0.6) is 0 Å². The van der Waals surface area contributed by atoms with Crippen LogP contribution >= 0.6 is 34.2 Å². The molecular weight excluding hydrogens is 250 g/mol. The van der Waals surface area contributed by atoms with Gasteiger partial charge >= 0.3 is 0 Å². The Balaban J connectivity index is 3.17. The van der Waals surface area contributed by atoms with Crippen molar-refractivity contribution in [1.82, 2.24) is 9.97 Å². The van der Waals surface area contributed by atoms with Gasteiger partial charge in [-0.15, -0.1) is 0 Å². The van der Waals surface area contributed by atoms with E-state index in [-0.39, 0.29) is 0 Å². The van der Waals surface area contributed by atoms with Crippen molar-refractivity contribution in [2.45, 2.75) is 6.92 Å². The second-order valence-corrected chi connectivity index (χ2v) is 2.95. The molecule has 1 rings (SSSR count). The summed E-state index contributed by atoms with van der Waals surface area (Å²) >= 11 is 7.62. The maximum absolute atomic E-state index is 5.59. The maximum Gasteiger partial charge on any atom is 0.192 e. The Morgan fingerprint density at radius 2 is 2.22 bits per heavy atom. The van der Waals surface area contributed by atoms with Crippen LogP contribution in [0.15, 0.2) is 6.07 Å². The lowest BCUT2D eigenvalue weighted by molar-refractivity contribution is 1.05.